The van der Waals surface area contributed by atoms with E-state index >= 15 is 0 Å². The molecule has 5 rings (SSSR count). The van der Waals surface area contributed by atoms with Crippen molar-refractivity contribution < 1.29 is 28.7 Å². The summed E-state index contributed by atoms with van der Waals surface area (Å²) in [6.45, 7) is 0. The molecule has 98 valence electrons. The van der Waals surface area contributed by atoms with Gasteiger partial charge in [-0.25, -0.2) is 0 Å². The quantitative estimate of drug-likeness (QED) is 0.342. The smallest absolute Gasteiger partial charge is 0.318 e. The minimum absolute atomic E-state index is 0.228. The predicted octanol–water partition coefficient (Wildman–Crippen LogP) is -0.176. The van der Waals surface area contributed by atoms with Gasteiger partial charge in [0.2, 0.25) is 0 Å². The molecule has 2 saturated heterocycles. The summed E-state index contributed by atoms with van der Waals surface area (Å²) < 4.78 is 9.38. The number of allylic oxidation sites excluding steroid dienone is 2. The maximum absolute atomic E-state index is 11.8. The van der Waals surface area contributed by atoms with Gasteiger partial charge in [-0.1, -0.05) is 12.2 Å². The molecule has 0 aromatic carbocycles. The largest absolute Gasteiger partial charge is 0.393 e. The Kier molecular flexibility index (Phi) is 1.90. The fourth-order valence-corrected chi connectivity index (χ4v) is 3.96. The van der Waals surface area contributed by atoms with Crippen molar-refractivity contribution in [2.45, 2.75) is 6.42 Å². The van der Waals surface area contributed by atoms with Crippen LogP contribution in [-0.2, 0) is 28.7 Å². The first-order valence-corrected chi connectivity index (χ1v) is 6.27. The second-order valence-electron chi connectivity index (χ2n) is 5.53. The predicted molar refractivity (Wildman–Crippen MR) is 56.9 cm³/mol. The van der Waals surface area contributed by atoms with E-state index in [2.05, 4.69) is 4.74 Å². The van der Waals surface area contributed by atoms with Crippen LogP contribution in [0.1, 0.15) is 6.42 Å². The molecule has 0 N–H and O–H groups in total. The summed E-state index contributed by atoms with van der Waals surface area (Å²) in [5, 5.41) is 0. The highest BCUT2D eigenvalue weighted by Crippen LogP contribution is 2.53. The molecule has 0 spiro atoms. The second kappa shape index (κ2) is 3.31. The Bertz CT molecular complexity index is 551. The first-order valence-electron chi connectivity index (χ1n) is 6.27. The van der Waals surface area contributed by atoms with Gasteiger partial charge in [0.15, 0.2) is 0 Å². The van der Waals surface area contributed by atoms with Crippen molar-refractivity contribution >= 4 is 23.9 Å². The molecule has 6 nitrogen and oxygen atoms in total. The van der Waals surface area contributed by atoms with Crippen molar-refractivity contribution in [1.82, 2.24) is 0 Å². The number of cyclic esters (lactones) is 4. The Hall–Kier alpha value is -1.98. The highest BCUT2D eigenvalue weighted by molar-refractivity contribution is 6.01. The van der Waals surface area contributed by atoms with Crippen LogP contribution in [0.3, 0.4) is 0 Å². The van der Waals surface area contributed by atoms with Crippen molar-refractivity contribution in [3.63, 3.8) is 0 Å². The van der Waals surface area contributed by atoms with Gasteiger partial charge in [-0.2, -0.15) is 0 Å². The third kappa shape index (κ3) is 1.21. The van der Waals surface area contributed by atoms with Crippen LogP contribution in [0, 0.1) is 35.5 Å². The van der Waals surface area contributed by atoms with E-state index in [1.54, 1.807) is 6.08 Å². The first-order chi connectivity index (χ1) is 9.08. The maximum Gasteiger partial charge on any atom is 0.318 e. The van der Waals surface area contributed by atoms with Crippen molar-refractivity contribution in [1.29, 1.82) is 0 Å². The van der Waals surface area contributed by atoms with E-state index in [0.717, 1.165) is 0 Å². The molecule has 2 heterocycles. The second-order valence-corrected chi connectivity index (χ2v) is 5.53. The van der Waals surface area contributed by atoms with E-state index in [4.69, 9.17) is 4.74 Å². The first kappa shape index (κ1) is 10.9. The molecular weight excluding hydrogens is 252 g/mol. The molecule has 3 aliphatic carbocycles. The molecule has 1 saturated carbocycles. The lowest BCUT2D eigenvalue weighted by Gasteiger charge is -2.27. The number of esters is 4. The van der Waals surface area contributed by atoms with Crippen LogP contribution in [0.2, 0.25) is 0 Å². The van der Waals surface area contributed by atoms with Gasteiger partial charge >= 0.3 is 23.9 Å². The standard InChI is InChI=1S/C13H10O6/c14-10-6-3-4-1-2-5(8(6)12(16)18-10)9-7(4)11(15)19-13(9)17/h1-2,4-9H,3H2. The highest BCUT2D eigenvalue weighted by atomic mass is 16.6. The number of hydrogen-bond donors (Lipinski definition) is 0. The summed E-state index contributed by atoms with van der Waals surface area (Å²) >= 11 is 0. The molecule has 6 heteroatoms. The molecule has 6 atom stereocenters. The fraction of sp³-hybridized carbons (Fsp3) is 0.538. The number of hydrogen-bond acceptors (Lipinski definition) is 6. The lowest BCUT2D eigenvalue weighted by atomic mass is 9.71. The Morgan fingerprint density at radius 1 is 0.789 bits per heavy atom. The van der Waals surface area contributed by atoms with Gasteiger partial charge in [-0.05, 0) is 12.3 Å². The maximum atomic E-state index is 11.8. The van der Waals surface area contributed by atoms with Gasteiger partial charge in [0.25, 0.3) is 0 Å². The minimum atomic E-state index is -0.651. The topological polar surface area (TPSA) is 86.7 Å². The summed E-state index contributed by atoms with van der Waals surface area (Å²) in [4.78, 5) is 47.1. The lowest BCUT2D eigenvalue weighted by molar-refractivity contribution is -0.155. The van der Waals surface area contributed by atoms with Gasteiger partial charge in [0.1, 0.15) is 0 Å². The molecule has 2 bridgehead atoms. The third-order valence-corrected chi connectivity index (χ3v) is 4.74. The fourth-order valence-electron chi connectivity index (χ4n) is 3.96. The molecule has 5 aliphatic rings. The van der Waals surface area contributed by atoms with Gasteiger partial charge in [-0.3, -0.25) is 19.2 Å². The summed E-state index contributed by atoms with van der Waals surface area (Å²) in [6.07, 6.45) is 3.98. The molecule has 19 heavy (non-hydrogen) atoms. The van der Waals surface area contributed by atoms with Crippen LogP contribution in [0.4, 0.5) is 0 Å². The number of ether oxygens (including phenoxy) is 2. The zero-order valence-corrected chi connectivity index (χ0v) is 9.78. The minimum Gasteiger partial charge on any atom is -0.393 e. The van der Waals surface area contributed by atoms with Gasteiger partial charge in [-0.15, -0.1) is 0 Å². The van der Waals surface area contributed by atoms with Crippen LogP contribution < -0.4 is 0 Å². The summed E-state index contributed by atoms with van der Waals surface area (Å²) in [5.74, 6) is -5.30. The number of carbonyl (C=O) groups excluding carboxylic acids is 4. The number of carbonyl (C=O) groups is 4. The van der Waals surface area contributed by atoms with Crippen LogP contribution in [0.5, 0.6) is 0 Å². The zero-order chi connectivity index (χ0) is 13.3. The Labute approximate surface area is 107 Å². The van der Waals surface area contributed by atoms with E-state index in [-0.39, 0.29) is 5.92 Å². The molecule has 6 unspecified atom stereocenters. The van der Waals surface area contributed by atoms with E-state index < -0.39 is 53.5 Å². The van der Waals surface area contributed by atoms with Crippen LogP contribution in [0.25, 0.3) is 0 Å². The van der Waals surface area contributed by atoms with Crippen LogP contribution >= 0.6 is 0 Å². The summed E-state index contributed by atoms with van der Waals surface area (Å²) in [5.41, 5.74) is 0. The summed E-state index contributed by atoms with van der Waals surface area (Å²) in [6, 6.07) is 0. The van der Waals surface area contributed by atoms with Crippen molar-refractivity contribution in [3.8, 4) is 0 Å². The van der Waals surface area contributed by atoms with E-state index in [9.17, 15) is 19.2 Å². The summed E-state index contributed by atoms with van der Waals surface area (Å²) in [7, 11) is 0. The third-order valence-electron chi connectivity index (χ3n) is 4.74. The van der Waals surface area contributed by atoms with Gasteiger partial charge < -0.3 is 9.47 Å². The van der Waals surface area contributed by atoms with Crippen molar-refractivity contribution in [3.05, 3.63) is 12.2 Å². The average molecular weight is 262 g/mol. The molecule has 0 radical (unpaired) electrons. The zero-order valence-electron chi connectivity index (χ0n) is 9.78. The lowest BCUT2D eigenvalue weighted by Crippen LogP contribution is -2.35. The van der Waals surface area contributed by atoms with Crippen LogP contribution in [-0.4, -0.2) is 23.9 Å². The van der Waals surface area contributed by atoms with Gasteiger partial charge in [0.05, 0.1) is 23.7 Å². The van der Waals surface area contributed by atoms with E-state index in [1.807, 2.05) is 6.08 Å². The van der Waals surface area contributed by atoms with Crippen molar-refractivity contribution in [2.24, 2.45) is 35.5 Å². The SMILES string of the molecule is O=C1OC(=O)C2C1CC1C=CC2C2C(=O)OC(=O)C12. The molecule has 0 aromatic rings. The normalized spacial score (nSPS) is 46.7. The average Bonchev–Trinajstić information content (AvgIpc) is 2.70. The number of rotatable bonds is 0. The monoisotopic (exact) mass is 262 g/mol. The Balaban J connectivity index is 1.85. The molecule has 0 aromatic heterocycles. The molecule has 2 aliphatic heterocycles. The van der Waals surface area contributed by atoms with Gasteiger partial charge in [0, 0.05) is 5.92 Å². The Morgan fingerprint density at radius 2 is 1.42 bits per heavy atom. The highest BCUT2D eigenvalue weighted by Gasteiger charge is 2.62. The molecular formula is C13H10O6. The van der Waals surface area contributed by atoms with Crippen LogP contribution in [0.15, 0.2) is 12.2 Å². The molecule has 0 amide bonds. The van der Waals surface area contributed by atoms with E-state index in [0.29, 0.717) is 6.42 Å². The van der Waals surface area contributed by atoms with E-state index in [1.165, 1.54) is 0 Å². The van der Waals surface area contributed by atoms with Crippen molar-refractivity contribution in [2.75, 3.05) is 0 Å². The Morgan fingerprint density at radius 3 is 2.21 bits per heavy atom. The molecule has 3 fully saturated rings.